The van der Waals surface area contributed by atoms with E-state index in [0.29, 0.717) is 6.04 Å². The fraction of sp³-hybridized carbons (Fsp3) is 0.222. The van der Waals surface area contributed by atoms with Crippen molar-refractivity contribution in [2.45, 2.75) is 26.8 Å². The molecular weight excluding hydrogens is 230 g/mol. The number of hydrogen-bond acceptors (Lipinski definition) is 0. The van der Waals surface area contributed by atoms with Crippen LogP contribution in [0.5, 0.6) is 0 Å². The summed E-state index contributed by atoms with van der Waals surface area (Å²) in [6.07, 6.45) is 0. The molecule has 2 aromatic carbocycles. The Balaban J connectivity index is 2.16. The molecule has 0 N–H and O–H groups in total. The summed E-state index contributed by atoms with van der Waals surface area (Å²) >= 11 is 0. The second kappa shape index (κ2) is 4.58. The van der Waals surface area contributed by atoms with Crippen molar-refractivity contribution in [1.29, 1.82) is 0 Å². The quantitative estimate of drug-likeness (QED) is 0.610. The first kappa shape index (κ1) is 12.0. The maximum absolute atomic E-state index is 2.42. The molecule has 3 rings (SSSR count). The smallest absolute Gasteiger partial charge is 0.0560 e. The van der Waals surface area contributed by atoms with Crippen LogP contribution in [0.3, 0.4) is 0 Å². The van der Waals surface area contributed by atoms with Crippen LogP contribution in [0.2, 0.25) is 0 Å². The minimum atomic E-state index is 0.361. The Bertz CT molecular complexity index is 721. The maximum Gasteiger partial charge on any atom is 0.0560 e. The summed E-state index contributed by atoms with van der Waals surface area (Å²) in [6, 6.07) is 20.0. The van der Waals surface area contributed by atoms with Gasteiger partial charge in [0.05, 0.1) is 6.04 Å². The van der Waals surface area contributed by atoms with E-state index in [0.717, 1.165) is 0 Å². The summed E-state index contributed by atoms with van der Waals surface area (Å²) < 4.78 is 2.42. The summed E-state index contributed by atoms with van der Waals surface area (Å²) in [5, 5.41) is 1.32. The van der Waals surface area contributed by atoms with Gasteiger partial charge in [0.15, 0.2) is 0 Å². The van der Waals surface area contributed by atoms with Gasteiger partial charge < -0.3 is 4.57 Å². The zero-order chi connectivity index (χ0) is 13.4. The van der Waals surface area contributed by atoms with Crippen LogP contribution < -0.4 is 0 Å². The lowest BCUT2D eigenvalue weighted by molar-refractivity contribution is 0.646. The van der Waals surface area contributed by atoms with Gasteiger partial charge in [0.1, 0.15) is 0 Å². The van der Waals surface area contributed by atoms with Crippen LogP contribution in [0.1, 0.15) is 29.8 Å². The molecule has 1 aromatic heterocycles. The lowest BCUT2D eigenvalue weighted by atomic mass is 10.1. The molecule has 0 saturated heterocycles. The molecule has 0 saturated carbocycles. The lowest BCUT2D eigenvalue weighted by Crippen LogP contribution is -2.08. The molecule has 19 heavy (non-hydrogen) atoms. The number of aryl methyl sites for hydroxylation is 2. The fourth-order valence-electron chi connectivity index (χ4n) is 2.91. The molecule has 96 valence electrons. The van der Waals surface area contributed by atoms with Gasteiger partial charge in [0.2, 0.25) is 0 Å². The van der Waals surface area contributed by atoms with Crippen LogP contribution in [0.25, 0.3) is 10.9 Å². The molecule has 0 amide bonds. The minimum absolute atomic E-state index is 0.361. The van der Waals surface area contributed by atoms with Crippen LogP contribution in [0.15, 0.2) is 54.6 Å². The van der Waals surface area contributed by atoms with E-state index < -0.39 is 0 Å². The first-order valence-corrected chi connectivity index (χ1v) is 6.80. The molecule has 0 radical (unpaired) electrons. The van der Waals surface area contributed by atoms with Crippen LogP contribution >= 0.6 is 0 Å². The second-order valence-electron chi connectivity index (χ2n) is 5.30. The number of fused-ring (bicyclic) bond motifs is 1. The average molecular weight is 249 g/mol. The third kappa shape index (κ3) is 2.06. The predicted octanol–water partition coefficient (Wildman–Crippen LogP) is 4.87. The standard InChI is InChI=1S/C18H19N/c1-13-7-6-9-16(11-13)15(3)19-14(2)12-17-8-4-5-10-18(17)19/h4-12,15H,1-3H3. The highest BCUT2D eigenvalue weighted by Gasteiger charge is 2.13. The molecule has 1 heterocycles. The molecule has 1 heteroatoms. The van der Waals surface area contributed by atoms with Crippen molar-refractivity contribution in [2.75, 3.05) is 0 Å². The van der Waals surface area contributed by atoms with E-state index in [9.17, 15) is 0 Å². The molecule has 0 fully saturated rings. The first-order valence-electron chi connectivity index (χ1n) is 6.80. The highest BCUT2D eigenvalue weighted by molar-refractivity contribution is 5.81. The van der Waals surface area contributed by atoms with Crippen molar-refractivity contribution in [2.24, 2.45) is 0 Å². The van der Waals surface area contributed by atoms with Gasteiger partial charge in [-0.15, -0.1) is 0 Å². The molecule has 3 aromatic rings. The van der Waals surface area contributed by atoms with E-state index in [4.69, 9.17) is 0 Å². The largest absolute Gasteiger partial charge is 0.338 e. The molecular formula is C18H19N. The Morgan fingerprint density at radius 2 is 1.68 bits per heavy atom. The summed E-state index contributed by atoms with van der Waals surface area (Å²) in [5.74, 6) is 0. The Labute approximate surface area is 114 Å². The minimum Gasteiger partial charge on any atom is -0.338 e. The van der Waals surface area contributed by atoms with Crippen LogP contribution in [0, 0.1) is 13.8 Å². The number of nitrogens with zero attached hydrogens (tertiary/aromatic N) is 1. The topological polar surface area (TPSA) is 4.93 Å². The van der Waals surface area contributed by atoms with Crippen molar-refractivity contribution < 1.29 is 0 Å². The third-order valence-corrected chi connectivity index (χ3v) is 3.85. The van der Waals surface area contributed by atoms with Crippen molar-refractivity contribution in [1.82, 2.24) is 4.57 Å². The van der Waals surface area contributed by atoms with Crippen LogP contribution in [-0.2, 0) is 0 Å². The highest BCUT2D eigenvalue weighted by Crippen LogP contribution is 2.27. The summed E-state index contributed by atoms with van der Waals surface area (Å²) in [7, 11) is 0. The van der Waals surface area contributed by atoms with Gasteiger partial charge in [-0.05, 0) is 43.9 Å². The Kier molecular flexibility index (Phi) is 2.90. The van der Waals surface area contributed by atoms with E-state index >= 15 is 0 Å². The number of para-hydroxylation sites is 1. The lowest BCUT2D eigenvalue weighted by Gasteiger charge is -2.18. The molecule has 0 bridgehead atoms. The monoisotopic (exact) mass is 249 g/mol. The zero-order valence-corrected chi connectivity index (χ0v) is 11.7. The van der Waals surface area contributed by atoms with Gasteiger partial charge in [0, 0.05) is 11.2 Å². The average Bonchev–Trinajstić information content (AvgIpc) is 2.74. The molecule has 1 nitrogen and oxygen atoms in total. The van der Waals surface area contributed by atoms with E-state index in [-0.39, 0.29) is 0 Å². The number of benzene rings is 2. The number of hydrogen-bond donors (Lipinski definition) is 0. The molecule has 1 atom stereocenters. The van der Waals surface area contributed by atoms with Crippen LogP contribution in [0.4, 0.5) is 0 Å². The fourth-order valence-corrected chi connectivity index (χ4v) is 2.91. The Hall–Kier alpha value is -2.02. The predicted molar refractivity (Wildman–Crippen MR) is 81.7 cm³/mol. The van der Waals surface area contributed by atoms with Gasteiger partial charge in [-0.2, -0.15) is 0 Å². The van der Waals surface area contributed by atoms with E-state index in [2.05, 4.69) is 79.9 Å². The van der Waals surface area contributed by atoms with Gasteiger partial charge in [-0.25, -0.2) is 0 Å². The maximum atomic E-state index is 2.42. The van der Waals surface area contributed by atoms with E-state index in [1.54, 1.807) is 0 Å². The van der Waals surface area contributed by atoms with E-state index in [1.807, 2.05) is 0 Å². The van der Waals surface area contributed by atoms with Gasteiger partial charge in [-0.3, -0.25) is 0 Å². The Morgan fingerprint density at radius 3 is 2.47 bits per heavy atom. The number of aromatic nitrogens is 1. The highest BCUT2D eigenvalue weighted by atomic mass is 15.0. The molecule has 0 aliphatic carbocycles. The zero-order valence-electron chi connectivity index (χ0n) is 11.7. The Morgan fingerprint density at radius 1 is 0.895 bits per heavy atom. The summed E-state index contributed by atoms with van der Waals surface area (Å²) in [5.41, 5.74) is 5.31. The van der Waals surface area contributed by atoms with Crippen molar-refractivity contribution in [3.8, 4) is 0 Å². The van der Waals surface area contributed by atoms with Gasteiger partial charge >= 0.3 is 0 Å². The third-order valence-electron chi connectivity index (χ3n) is 3.85. The summed E-state index contributed by atoms with van der Waals surface area (Å²) in [6.45, 7) is 6.61. The van der Waals surface area contributed by atoms with Crippen molar-refractivity contribution in [3.63, 3.8) is 0 Å². The summed E-state index contributed by atoms with van der Waals surface area (Å²) in [4.78, 5) is 0. The molecule has 1 unspecified atom stereocenters. The van der Waals surface area contributed by atoms with Crippen LogP contribution in [-0.4, -0.2) is 4.57 Å². The second-order valence-corrected chi connectivity index (χ2v) is 5.30. The normalized spacial score (nSPS) is 12.8. The van der Waals surface area contributed by atoms with E-state index in [1.165, 1.54) is 27.7 Å². The SMILES string of the molecule is Cc1cccc(C(C)n2c(C)cc3ccccc32)c1. The molecule has 0 aliphatic heterocycles. The van der Waals surface area contributed by atoms with Crippen molar-refractivity contribution in [3.05, 3.63) is 71.4 Å². The van der Waals surface area contributed by atoms with Gasteiger partial charge in [0.25, 0.3) is 0 Å². The van der Waals surface area contributed by atoms with Gasteiger partial charge in [-0.1, -0.05) is 48.0 Å². The van der Waals surface area contributed by atoms with Crippen molar-refractivity contribution >= 4 is 10.9 Å². The molecule has 0 spiro atoms. The number of rotatable bonds is 2. The first-order chi connectivity index (χ1) is 9.16. The molecule has 0 aliphatic rings.